The third-order valence-corrected chi connectivity index (χ3v) is 11.5. The largest absolute Gasteiger partial charge is 0.244 e. The molecule has 1 aromatic heterocycles. The summed E-state index contributed by atoms with van der Waals surface area (Å²) in [6.07, 6.45) is 44.6. The maximum Gasteiger partial charge on any atom is 0.244 e. The van der Waals surface area contributed by atoms with E-state index >= 15 is 0 Å². The van der Waals surface area contributed by atoms with Crippen LogP contribution in [0, 0.1) is 0 Å². The van der Waals surface area contributed by atoms with Gasteiger partial charge in [0.2, 0.25) is 6.33 Å². The van der Waals surface area contributed by atoms with Gasteiger partial charge in [-0.3, -0.25) is 0 Å². The Morgan fingerprint density at radius 2 is 0.940 bits per heavy atom. The summed E-state index contributed by atoms with van der Waals surface area (Å²) >= 11 is 0. The van der Waals surface area contributed by atoms with Gasteiger partial charge in [0.05, 0.1) is 6.54 Å². The highest BCUT2D eigenvalue weighted by Gasteiger charge is 2.40. The van der Waals surface area contributed by atoms with Crippen LogP contribution < -0.4 is 4.57 Å². The Kier molecular flexibility index (Phi) is 23.0. The van der Waals surface area contributed by atoms with Gasteiger partial charge in [0.15, 0.2) is 0 Å². The number of benzene rings is 2. The second-order valence-electron chi connectivity index (χ2n) is 16.0. The van der Waals surface area contributed by atoms with Crippen molar-refractivity contribution in [1.82, 2.24) is 4.57 Å². The summed E-state index contributed by atoms with van der Waals surface area (Å²) in [5.74, 6) is 0. The molecule has 3 aromatic rings. The Hall–Kier alpha value is -2.35. The predicted molar refractivity (Wildman–Crippen MR) is 219 cm³/mol. The van der Waals surface area contributed by atoms with Crippen LogP contribution in [0.3, 0.4) is 0 Å². The van der Waals surface area contributed by atoms with E-state index in [0.717, 1.165) is 13.0 Å². The van der Waals surface area contributed by atoms with Gasteiger partial charge in [-0.15, -0.1) is 0 Å². The molecule has 280 valence electrons. The van der Waals surface area contributed by atoms with Gasteiger partial charge < -0.3 is 0 Å². The molecule has 0 N–H and O–H groups in total. The van der Waals surface area contributed by atoms with Crippen molar-refractivity contribution < 1.29 is 4.57 Å². The number of hydrogen-bond donors (Lipinski definition) is 0. The van der Waals surface area contributed by atoms with E-state index < -0.39 is 0 Å². The quantitative estimate of drug-likeness (QED) is 0.0457. The highest BCUT2D eigenvalue weighted by atomic mass is 15.1. The average Bonchev–Trinajstić information content (AvgIpc) is 3.61. The first-order valence-corrected chi connectivity index (χ1v) is 21.8. The van der Waals surface area contributed by atoms with E-state index in [1.165, 1.54) is 178 Å². The first-order chi connectivity index (χ1) is 24.7. The summed E-state index contributed by atoms with van der Waals surface area (Å²) in [6, 6.07) is 23.0. The highest BCUT2D eigenvalue weighted by molar-refractivity contribution is 5.30. The maximum absolute atomic E-state index is 2.59. The summed E-state index contributed by atoms with van der Waals surface area (Å²) < 4.78 is 5.06. The molecule has 0 aliphatic heterocycles. The molecule has 50 heavy (non-hydrogen) atoms. The van der Waals surface area contributed by atoms with E-state index in [1.807, 2.05) is 0 Å². The van der Waals surface area contributed by atoms with Crippen molar-refractivity contribution in [2.24, 2.45) is 0 Å². The fourth-order valence-electron chi connectivity index (χ4n) is 8.27. The summed E-state index contributed by atoms with van der Waals surface area (Å²) in [5, 5.41) is 0. The number of unbranched alkanes of at least 4 members (excludes halogenated alkanes) is 23. The molecule has 3 rings (SSSR count). The van der Waals surface area contributed by atoms with Gasteiger partial charge in [-0.25, -0.2) is 9.13 Å². The monoisotopic (exact) mass is 684 g/mol. The lowest BCUT2D eigenvalue weighted by Crippen LogP contribution is -2.38. The molecule has 0 aliphatic rings. The number of hydrogen-bond acceptors (Lipinski definition) is 0. The molecule has 2 aromatic carbocycles. The highest BCUT2D eigenvalue weighted by Crippen LogP contribution is 2.41. The van der Waals surface area contributed by atoms with Crippen LogP contribution in [-0.2, 0) is 18.4 Å². The van der Waals surface area contributed by atoms with E-state index in [0.29, 0.717) is 6.04 Å². The molecule has 0 bridgehead atoms. The molecule has 2 nitrogen and oxygen atoms in total. The van der Waals surface area contributed by atoms with Crippen molar-refractivity contribution in [2.75, 3.05) is 0 Å². The van der Waals surface area contributed by atoms with E-state index in [2.05, 4.69) is 109 Å². The molecule has 2 atom stereocenters. The van der Waals surface area contributed by atoms with Gasteiger partial charge in [0.1, 0.15) is 18.4 Å². The lowest BCUT2D eigenvalue weighted by atomic mass is 9.70. The zero-order valence-corrected chi connectivity index (χ0v) is 33.3. The van der Waals surface area contributed by atoms with E-state index in [9.17, 15) is 0 Å². The molecule has 0 fully saturated rings. The summed E-state index contributed by atoms with van der Waals surface area (Å²) in [4.78, 5) is 0. The second-order valence-corrected chi connectivity index (χ2v) is 16.0. The van der Waals surface area contributed by atoms with Gasteiger partial charge in [-0.2, -0.15) is 0 Å². The molecular weight excluding hydrogens is 605 g/mol. The van der Waals surface area contributed by atoms with Crippen molar-refractivity contribution in [3.05, 3.63) is 90.5 Å². The van der Waals surface area contributed by atoms with Gasteiger partial charge in [0.25, 0.3) is 0 Å². The topological polar surface area (TPSA) is 8.81 Å². The first-order valence-electron chi connectivity index (χ1n) is 21.8. The molecule has 0 amide bonds. The number of aryl methyl sites for hydroxylation is 1. The normalized spacial score (nSPS) is 13.4. The number of aromatic nitrogens is 2. The standard InChI is InChI=1S/C48H79N2/c1-4-6-8-10-12-14-15-16-17-18-19-20-21-22-23-25-33-39-47(50-42-41-49(44-50)40-34-26-24-13-11-9-7-5-2)48(3,46-37-31-28-32-38-46)43-45-35-29-27-30-36-45/h27-32,35-38,41-42,44,47H,4-26,33-34,39-40,43H2,1-3H3/q+1. The van der Waals surface area contributed by atoms with Crippen LogP contribution in [0.1, 0.15) is 205 Å². The first kappa shape index (κ1) is 42.1. The van der Waals surface area contributed by atoms with Crippen molar-refractivity contribution in [3.8, 4) is 0 Å². The lowest BCUT2D eigenvalue weighted by Gasteiger charge is -2.37. The fourth-order valence-corrected chi connectivity index (χ4v) is 8.27. The van der Waals surface area contributed by atoms with Crippen molar-refractivity contribution in [3.63, 3.8) is 0 Å². The van der Waals surface area contributed by atoms with Crippen molar-refractivity contribution in [1.29, 1.82) is 0 Å². The summed E-state index contributed by atoms with van der Waals surface area (Å²) in [7, 11) is 0. The van der Waals surface area contributed by atoms with Gasteiger partial charge in [-0.1, -0.05) is 223 Å². The minimum atomic E-state index is 0.00695. The minimum absolute atomic E-state index is 0.00695. The van der Waals surface area contributed by atoms with E-state index in [-0.39, 0.29) is 5.41 Å². The molecule has 1 heterocycles. The third kappa shape index (κ3) is 17.2. The van der Waals surface area contributed by atoms with Crippen molar-refractivity contribution >= 4 is 0 Å². The zero-order chi connectivity index (χ0) is 35.4. The molecule has 0 saturated carbocycles. The number of imidazole rings is 1. The molecule has 0 spiro atoms. The van der Waals surface area contributed by atoms with Crippen LogP contribution >= 0.6 is 0 Å². The van der Waals surface area contributed by atoms with Crippen LogP contribution in [0.4, 0.5) is 0 Å². The average molecular weight is 684 g/mol. The Labute approximate surface area is 310 Å². The minimum Gasteiger partial charge on any atom is -0.237 e. The SMILES string of the molecule is CCCCCCCCCCCCCCCCCCCC(n1cc[n+](CCCCCCCCCC)c1)C(C)(Cc1ccccc1)c1ccccc1. The smallest absolute Gasteiger partial charge is 0.237 e. The fraction of sp³-hybridized carbons (Fsp3) is 0.688. The van der Waals surface area contributed by atoms with Crippen LogP contribution in [-0.4, -0.2) is 4.57 Å². The number of nitrogens with zero attached hydrogens (tertiary/aromatic N) is 2. The van der Waals surface area contributed by atoms with Gasteiger partial charge in [-0.05, 0) is 43.2 Å². The third-order valence-electron chi connectivity index (χ3n) is 11.5. The molecule has 2 unspecified atom stereocenters. The lowest BCUT2D eigenvalue weighted by molar-refractivity contribution is -0.697. The molecule has 0 radical (unpaired) electrons. The molecular formula is C48H79N2+. The predicted octanol–water partition coefficient (Wildman–Crippen LogP) is 14.7. The van der Waals surface area contributed by atoms with E-state index in [4.69, 9.17) is 0 Å². The Bertz CT molecular complexity index is 1170. The molecule has 2 heteroatoms. The Morgan fingerprint density at radius 1 is 0.520 bits per heavy atom. The second kappa shape index (κ2) is 27.3. The Morgan fingerprint density at radius 3 is 1.42 bits per heavy atom. The van der Waals surface area contributed by atoms with Crippen LogP contribution in [0.2, 0.25) is 0 Å². The van der Waals surface area contributed by atoms with Crippen LogP contribution in [0.15, 0.2) is 79.4 Å². The number of rotatable bonds is 32. The van der Waals surface area contributed by atoms with Crippen LogP contribution in [0.5, 0.6) is 0 Å². The zero-order valence-electron chi connectivity index (χ0n) is 33.3. The Balaban J connectivity index is 1.48. The summed E-state index contributed by atoms with van der Waals surface area (Å²) in [5.41, 5.74) is 2.90. The molecule has 0 saturated heterocycles. The molecule has 0 aliphatic carbocycles. The van der Waals surface area contributed by atoms with Gasteiger partial charge in [0, 0.05) is 5.41 Å². The van der Waals surface area contributed by atoms with Crippen LogP contribution in [0.25, 0.3) is 0 Å². The van der Waals surface area contributed by atoms with Crippen molar-refractivity contribution in [2.45, 2.75) is 212 Å². The van der Waals surface area contributed by atoms with E-state index in [1.54, 1.807) is 0 Å². The maximum atomic E-state index is 2.59. The van der Waals surface area contributed by atoms with Gasteiger partial charge >= 0.3 is 0 Å². The summed E-state index contributed by atoms with van der Waals surface area (Å²) in [6.45, 7) is 8.29.